The summed E-state index contributed by atoms with van der Waals surface area (Å²) >= 11 is 0. The van der Waals surface area contributed by atoms with Crippen LogP contribution in [0.4, 0.5) is 0 Å². The van der Waals surface area contributed by atoms with E-state index in [1.807, 2.05) is 43.3 Å². The van der Waals surface area contributed by atoms with Gasteiger partial charge in [0, 0.05) is 30.0 Å². The minimum Gasteiger partial charge on any atom is -0.508 e. The van der Waals surface area contributed by atoms with Crippen LogP contribution in [-0.2, 0) is 9.84 Å². The highest BCUT2D eigenvalue weighted by Crippen LogP contribution is 2.47. The summed E-state index contributed by atoms with van der Waals surface area (Å²) in [6, 6.07) is 20.3. The highest BCUT2D eigenvalue weighted by atomic mass is 32.2. The largest absolute Gasteiger partial charge is 0.508 e. The molecule has 2 unspecified atom stereocenters. The van der Waals surface area contributed by atoms with E-state index in [-0.39, 0.29) is 10.6 Å². The Morgan fingerprint density at radius 1 is 1.08 bits per heavy atom. The van der Waals surface area contributed by atoms with Crippen molar-refractivity contribution < 1.29 is 23.0 Å². The summed E-state index contributed by atoms with van der Waals surface area (Å²) in [5.74, 6) is 2.41. The maximum atomic E-state index is 12.0. The number of hydrogen-bond donors (Lipinski definition) is 1. The van der Waals surface area contributed by atoms with Crippen molar-refractivity contribution >= 4 is 21.0 Å². The summed E-state index contributed by atoms with van der Waals surface area (Å²) in [6.45, 7) is 9.41. The molecule has 2 heterocycles. The van der Waals surface area contributed by atoms with E-state index >= 15 is 0 Å². The van der Waals surface area contributed by atoms with Crippen molar-refractivity contribution in [2.45, 2.75) is 44.2 Å². The molecule has 3 aromatic rings. The van der Waals surface area contributed by atoms with Gasteiger partial charge in [-0.05, 0) is 91.9 Å². The van der Waals surface area contributed by atoms with Crippen LogP contribution < -0.4 is 9.47 Å². The minimum absolute atomic E-state index is 0.163. The number of allylic oxidation sites excluding steroid dienone is 1. The minimum atomic E-state index is -3.31. The Kier molecular flexibility index (Phi) is 7.25. The van der Waals surface area contributed by atoms with E-state index in [9.17, 15) is 13.5 Å². The molecule has 2 aliphatic heterocycles. The molecule has 3 aromatic carbocycles. The maximum absolute atomic E-state index is 12.0. The van der Waals surface area contributed by atoms with Crippen LogP contribution >= 0.6 is 0 Å². The van der Waals surface area contributed by atoms with Crippen LogP contribution in [0.2, 0.25) is 0 Å². The van der Waals surface area contributed by atoms with Crippen LogP contribution in [0.3, 0.4) is 0 Å². The first kappa shape index (κ1) is 26.3. The molecule has 1 fully saturated rings. The molecule has 0 spiro atoms. The number of benzene rings is 3. The van der Waals surface area contributed by atoms with Crippen LogP contribution in [0, 0.1) is 5.92 Å². The first-order valence-electron chi connectivity index (χ1n) is 13.1. The van der Waals surface area contributed by atoms with E-state index in [1.165, 1.54) is 12.7 Å². The number of hydrogen-bond acceptors (Lipinski definition) is 6. The molecule has 5 rings (SSSR count). The SMILES string of the molecule is CC1=C(c2ccc(S(C)(=O)=O)cc2)C(c2ccc(OCC(C)N3CC[C@@H](C)C3)cc2)Oc2ccc(O)cc21. The van der Waals surface area contributed by atoms with E-state index in [4.69, 9.17) is 9.47 Å². The monoisotopic (exact) mass is 533 g/mol. The summed E-state index contributed by atoms with van der Waals surface area (Å²) in [5.41, 5.74) is 4.53. The van der Waals surface area contributed by atoms with Gasteiger partial charge in [-0.2, -0.15) is 0 Å². The molecule has 0 aliphatic carbocycles. The second-order valence-electron chi connectivity index (χ2n) is 10.6. The van der Waals surface area contributed by atoms with Gasteiger partial charge in [-0.3, -0.25) is 4.90 Å². The Labute approximate surface area is 225 Å². The Hall–Kier alpha value is -3.29. The van der Waals surface area contributed by atoms with Crippen LogP contribution in [0.25, 0.3) is 11.1 Å². The van der Waals surface area contributed by atoms with Crippen LogP contribution in [0.15, 0.2) is 71.6 Å². The summed E-state index contributed by atoms with van der Waals surface area (Å²) in [5, 5.41) is 10.1. The molecule has 1 N–H and O–H groups in total. The fourth-order valence-corrected chi connectivity index (χ4v) is 5.99. The molecule has 1 saturated heterocycles. The summed E-state index contributed by atoms with van der Waals surface area (Å²) in [6.07, 6.45) is 2.04. The van der Waals surface area contributed by atoms with Gasteiger partial charge in [-0.25, -0.2) is 8.42 Å². The molecule has 7 heteroatoms. The molecule has 0 amide bonds. The van der Waals surface area contributed by atoms with Gasteiger partial charge >= 0.3 is 0 Å². The van der Waals surface area contributed by atoms with Gasteiger partial charge in [0.1, 0.15) is 30.0 Å². The lowest BCUT2D eigenvalue weighted by Crippen LogP contribution is -2.35. The average molecular weight is 534 g/mol. The number of aromatic hydroxyl groups is 1. The highest BCUT2D eigenvalue weighted by Gasteiger charge is 2.30. The Morgan fingerprint density at radius 2 is 1.79 bits per heavy atom. The number of nitrogens with zero attached hydrogens (tertiary/aromatic N) is 1. The Bertz CT molecular complexity index is 1440. The quantitative estimate of drug-likeness (QED) is 0.403. The number of sulfone groups is 1. The molecular formula is C31H35NO5S. The molecule has 0 bridgehead atoms. The lowest BCUT2D eigenvalue weighted by atomic mass is 9.86. The molecular weight excluding hydrogens is 498 g/mol. The zero-order valence-electron chi connectivity index (χ0n) is 22.3. The lowest BCUT2D eigenvalue weighted by molar-refractivity contribution is 0.169. The summed E-state index contributed by atoms with van der Waals surface area (Å²) < 4.78 is 36.6. The van der Waals surface area contributed by atoms with Gasteiger partial charge in [-0.15, -0.1) is 0 Å². The fraction of sp³-hybridized carbons (Fsp3) is 0.355. The van der Waals surface area contributed by atoms with Crippen molar-refractivity contribution in [3.05, 3.63) is 83.4 Å². The van der Waals surface area contributed by atoms with Crippen molar-refractivity contribution in [1.82, 2.24) is 4.90 Å². The second-order valence-corrected chi connectivity index (χ2v) is 12.6. The molecule has 0 aromatic heterocycles. The van der Waals surface area contributed by atoms with Gasteiger partial charge in [0.05, 0.1) is 4.90 Å². The molecule has 0 radical (unpaired) electrons. The topological polar surface area (TPSA) is 76.1 Å². The third kappa shape index (κ3) is 5.45. The van der Waals surface area contributed by atoms with Crippen molar-refractivity contribution in [1.29, 1.82) is 0 Å². The van der Waals surface area contributed by atoms with Gasteiger partial charge < -0.3 is 14.6 Å². The number of fused-ring (bicyclic) bond motifs is 1. The molecule has 2 aliphatic rings. The smallest absolute Gasteiger partial charge is 0.175 e. The van der Waals surface area contributed by atoms with Crippen molar-refractivity contribution in [2.24, 2.45) is 5.92 Å². The van der Waals surface area contributed by atoms with Crippen molar-refractivity contribution in [3.8, 4) is 17.2 Å². The molecule has 3 atom stereocenters. The zero-order chi connectivity index (χ0) is 27.0. The van der Waals surface area contributed by atoms with E-state index in [0.717, 1.165) is 52.6 Å². The normalized spacial score (nSPS) is 20.6. The maximum Gasteiger partial charge on any atom is 0.175 e. The molecule has 38 heavy (non-hydrogen) atoms. The Morgan fingerprint density at radius 3 is 2.42 bits per heavy atom. The van der Waals surface area contributed by atoms with E-state index < -0.39 is 15.9 Å². The number of phenols is 1. The third-order valence-corrected chi connectivity index (χ3v) is 8.75. The average Bonchev–Trinajstić information content (AvgIpc) is 3.34. The molecule has 6 nitrogen and oxygen atoms in total. The number of likely N-dealkylation sites (tertiary alicyclic amines) is 1. The molecule has 200 valence electrons. The third-order valence-electron chi connectivity index (χ3n) is 7.62. The highest BCUT2D eigenvalue weighted by molar-refractivity contribution is 7.90. The first-order valence-corrected chi connectivity index (χ1v) is 15.0. The second kappa shape index (κ2) is 10.5. The van der Waals surface area contributed by atoms with Gasteiger partial charge in [0.25, 0.3) is 0 Å². The van der Waals surface area contributed by atoms with Crippen LogP contribution in [0.1, 0.15) is 50.0 Å². The van der Waals surface area contributed by atoms with E-state index in [1.54, 1.807) is 30.3 Å². The van der Waals surface area contributed by atoms with Crippen LogP contribution in [-0.4, -0.2) is 50.4 Å². The fourth-order valence-electron chi connectivity index (χ4n) is 5.36. The van der Waals surface area contributed by atoms with Crippen molar-refractivity contribution in [3.63, 3.8) is 0 Å². The summed E-state index contributed by atoms with van der Waals surface area (Å²) in [4.78, 5) is 2.75. The number of ether oxygens (including phenoxy) is 2. The zero-order valence-corrected chi connectivity index (χ0v) is 23.2. The van der Waals surface area contributed by atoms with E-state index in [2.05, 4.69) is 18.7 Å². The van der Waals surface area contributed by atoms with Crippen LogP contribution in [0.5, 0.6) is 17.2 Å². The number of phenolic OH excluding ortho intramolecular Hbond substituents is 1. The number of rotatable bonds is 7. The lowest BCUT2D eigenvalue weighted by Gasteiger charge is -2.31. The predicted molar refractivity (Wildman–Crippen MR) is 150 cm³/mol. The Balaban J connectivity index is 1.43. The standard InChI is InChI=1S/C31H35NO5S/c1-20-15-16-32(18-20)21(2)19-36-26-10-5-24(6-11-26)31-30(23-7-12-27(13-8-23)38(4,34)35)22(3)28-17-25(33)9-14-29(28)37-31/h5-14,17,20-21,31,33H,15-16,18-19H2,1-4H3/t20-,21?,31?/m1/s1. The van der Waals surface area contributed by atoms with Gasteiger partial charge in [0.2, 0.25) is 0 Å². The molecule has 0 saturated carbocycles. The van der Waals surface area contributed by atoms with E-state index in [0.29, 0.717) is 18.4 Å². The van der Waals surface area contributed by atoms with Gasteiger partial charge in [0.15, 0.2) is 9.84 Å². The van der Waals surface area contributed by atoms with Gasteiger partial charge in [-0.1, -0.05) is 31.2 Å². The predicted octanol–water partition coefficient (Wildman–Crippen LogP) is 5.97. The summed E-state index contributed by atoms with van der Waals surface area (Å²) in [7, 11) is -3.31. The first-order chi connectivity index (χ1) is 18.1. The van der Waals surface area contributed by atoms with Crippen molar-refractivity contribution in [2.75, 3.05) is 26.0 Å².